The molecule has 0 radical (unpaired) electrons. The predicted octanol–water partition coefficient (Wildman–Crippen LogP) is 3.98. The van der Waals surface area contributed by atoms with Crippen LogP contribution in [-0.2, 0) is 9.53 Å². The van der Waals surface area contributed by atoms with Crippen molar-refractivity contribution in [1.29, 1.82) is 0 Å². The van der Waals surface area contributed by atoms with Crippen molar-refractivity contribution < 1.29 is 18.7 Å². The van der Waals surface area contributed by atoms with Crippen molar-refractivity contribution in [2.75, 3.05) is 6.61 Å². The third-order valence-electron chi connectivity index (χ3n) is 3.95. The molecular weight excluding hydrogens is 330 g/mol. The van der Waals surface area contributed by atoms with Crippen molar-refractivity contribution in [3.8, 4) is 11.1 Å². The zero-order chi connectivity index (χ0) is 18.4. The molecule has 1 N–H and O–H groups in total. The van der Waals surface area contributed by atoms with Crippen molar-refractivity contribution in [2.45, 2.75) is 13.0 Å². The standard InChI is InChI=1S/C21H19NO4/c1-15(22-20(23)14-26-21(24)19-8-5-13-25-19)16-9-11-18(12-10-16)17-6-3-2-4-7-17/h2-13,15H,14H2,1H3,(H,22,23). The van der Waals surface area contributed by atoms with Crippen molar-refractivity contribution in [3.05, 3.63) is 84.3 Å². The van der Waals surface area contributed by atoms with Gasteiger partial charge in [0.05, 0.1) is 12.3 Å². The summed E-state index contributed by atoms with van der Waals surface area (Å²) in [4.78, 5) is 23.6. The minimum atomic E-state index is -0.662. The van der Waals surface area contributed by atoms with Crippen molar-refractivity contribution in [1.82, 2.24) is 5.32 Å². The van der Waals surface area contributed by atoms with Gasteiger partial charge in [0, 0.05) is 0 Å². The van der Waals surface area contributed by atoms with E-state index >= 15 is 0 Å². The van der Waals surface area contributed by atoms with Gasteiger partial charge in [-0.05, 0) is 35.7 Å². The average molecular weight is 349 g/mol. The molecular formula is C21H19NO4. The number of carbonyl (C=O) groups is 2. The van der Waals surface area contributed by atoms with Crippen LogP contribution in [-0.4, -0.2) is 18.5 Å². The largest absolute Gasteiger partial charge is 0.457 e. The van der Waals surface area contributed by atoms with Crippen LogP contribution in [0.2, 0.25) is 0 Å². The van der Waals surface area contributed by atoms with Crippen LogP contribution < -0.4 is 5.32 Å². The minimum absolute atomic E-state index is 0.0716. The van der Waals surface area contributed by atoms with E-state index in [-0.39, 0.29) is 24.3 Å². The number of benzene rings is 2. The first kappa shape index (κ1) is 17.5. The molecule has 0 aliphatic rings. The number of ether oxygens (including phenoxy) is 1. The van der Waals surface area contributed by atoms with Crippen LogP contribution in [0.15, 0.2) is 77.4 Å². The van der Waals surface area contributed by atoms with Gasteiger partial charge in [0.1, 0.15) is 0 Å². The zero-order valence-corrected chi connectivity index (χ0v) is 14.3. The normalized spacial score (nSPS) is 11.6. The van der Waals surface area contributed by atoms with E-state index in [2.05, 4.69) is 5.32 Å². The Bertz CT molecular complexity index is 855. The topological polar surface area (TPSA) is 68.5 Å². The minimum Gasteiger partial charge on any atom is -0.457 e. The zero-order valence-electron chi connectivity index (χ0n) is 14.3. The first-order valence-corrected chi connectivity index (χ1v) is 8.29. The molecule has 26 heavy (non-hydrogen) atoms. The third kappa shape index (κ3) is 4.39. The van der Waals surface area contributed by atoms with Crippen LogP contribution in [0.5, 0.6) is 0 Å². The van der Waals surface area contributed by atoms with Crippen LogP contribution in [0.25, 0.3) is 11.1 Å². The third-order valence-corrected chi connectivity index (χ3v) is 3.95. The second kappa shape index (κ2) is 8.16. The van der Waals surface area contributed by atoms with Crippen LogP contribution >= 0.6 is 0 Å². The lowest BCUT2D eigenvalue weighted by Crippen LogP contribution is -2.31. The lowest BCUT2D eigenvalue weighted by Gasteiger charge is -2.15. The Kier molecular flexibility index (Phi) is 5.49. The summed E-state index contributed by atoms with van der Waals surface area (Å²) in [5, 5.41) is 2.81. The summed E-state index contributed by atoms with van der Waals surface area (Å²) in [5.41, 5.74) is 3.22. The molecule has 0 aliphatic heterocycles. The fourth-order valence-electron chi connectivity index (χ4n) is 2.56. The first-order chi connectivity index (χ1) is 12.6. The molecule has 0 fully saturated rings. The van der Waals surface area contributed by atoms with Crippen LogP contribution in [0.1, 0.15) is 29.1 Å². The van der Waals surface area contributed by atoms with E-state index in [1.54, 1.807) is 6.07 Å². The highest BCUT2D eigenvalue weighted by Crippen LogP contribution is 2.21. The van der Waals surface area contributed by atoms with Gasteiger partial charge >= 0.3 is 5.97 Å². The molecule has 132 valence electrons. The quantitative estimate of drug-likeness (QED) is 0.684. The molecule has 0 saturated heterocycles. The highest BCUT2D eigenvalue weighted by molar-refractivity contribution is 5.88. The number of nitrogens with one attached hydrogen (secondary N) is 1. The molecule has 5 nitrogen and oxygen atoms in total. The molecule has 5 heteroatoms. The number of hydrogen-bond donors (Lipinski definition) is 1. The van der Waals surface area contributed by atoms with E-state index in [1.165, 1.54) is 12.3 Å². The lowest BCUT2D eigenvalue weighted by molar-refractivity contribution is -0.124. The van der Waals surface area contributed by atoms with Gasteiger partial charge in [-0.3, -0.25) is 4.79 Å². The van der Waals surface area contributed by atoms with Gasteiger partial charge in [-0.15, -0.1) is 0 Å². The molecule has 1 heterocycles. The highest BCUT2D eigenvalue weighted by atomic mass is 16.5. The Morgan fingerprint density at radius 3 is 2.31 bits per heavy atom. The van der Waals surface area contributed by atoms with Gasteiger partial charge < -0.3 is 14.5 Å². The second-order valence-electron chi connectivity index (χ2n) is 5.83. The first-order valence-electron chi connectivity index (χ1n) is 8.29. The smallest absolute Gasteiger partial charge is 0.374 e. The summed E-state index contributed by atoms with van der Waals surface area (Å²) in [5.74, 6) is -0.961. The Hall–Kier alpha value is -3.34. The predicted molar refractivity (Wildman–Crippen MR) is 97.4 cm³/mol. The molecule has 0 bridgehead atoms. The number of esters is 1. The average Bonchev–Trinajstić information content (AvgIpc) is 3.22. The van der Waals surface area contributed by atoms with Crippen LogP contribution in [0.4, 0.5) is 0 Å². The molecule has 3 rings (SSSR count). The lowest BCUT2D eigenvalue weighted by atomic mass is 10.0. The molecule has 0 spiro atoms. The Labute approximate surface area is 151 Å². The van der Waals surface area contributed by atoms with Gasteiger partial charge in [0.2, 0.25) is 5.76 Å². The van der Waals surface area contributed by atoms with E-state index in [0.29, 0.717) is 0 Å². The monoisotopic (exact) mass is 349 g/mol. The van der Waals surface area contributed by atoms with Gasteiger partial charge in [0.25, 0.3) is 5.91 Å². The number of rotatable bonds is 6. The highest BCUT2D eigenvalue weighted by Gasteiger charge is 2.14. The summed E-state index contributed by atoms with van der Waals surface area (Å²) in [6.45, 7) is 1.52. The van der Waals surface area contributed by atoms with Crippen molar-refractivity contribution >= 4 is 11.9 Å². The fraction of sp³-hybridized carbons (Fsp3) is 0.143. The maximum atomic E-state index is 12.0. The molecule has 1 atom stereocenters. The maximum Gasteiger partial charge on any atom is 0.374 e. The van der Waals surface area contributed by atoms with Crippen molar-refractivity contribution in [3.63, 3.8) is 0 Å². The van der Waals surface area contributed by atoms with Gasteiger partial charge in [-0.25, -0.2) is 4.79 Å². The van der Waals surface area contributed by atoms with Gasteiger partial charge in [-0.1, -0.05) is 54.6 Å². The van der Waals surface area contributed by atoms with E-state index < -0.39 is 5.97 Å². The Morgan fingerprint density at radius 2 is 1.65 bits per heavy atom. The Morgan fingerprint density at radius 1 is 0.962 bits per heavy atom. The van der Waals surface area contributed by atoms with Crippen LogP contribution in [0.3, 0.4) is 0 Å². The fourth-order valence-corrected chi connectivity index (χ4v) is 2.56. The molecule has 1 unspecified atom stereocenters. The summed E-state index contributed by atoms with van der Waals surface area (Å²) >= 11 is 0. The van der Waals surface area contributed by atoms with E-state index in [1.807, 2.05) is 61.5 Å². The van der Waals surface area contributed by atoms with Gasteiger partial charge in [0.15, 0.2) is 6.61 Å². The Balaban J connectivity index is 1.53. The van der Waals surface area contributed by atoms with Crippen LogP contribution in [0, 0.1) is 0 Å². The summed E-state index contributed by atoms with van der Waals surface area (Å²) in [6, 6.07) is 20.9. The number of amides is 1. The van der Waals surface area contributed by atoms with E-state index in [4.69, 9.17) is 9.15 Å². The number of furan rings is 1. The molecule has 3 aromatic rings. The van der Waals surface area contributed by atoms with Crippen molar-refractivity contribution in [2.24, 2.45) is 0 Å². The summed E-state index contributed by atoms with van der Waals surface area (Å²) in [7, 11) is 0. The molecule has 0 aliphatic carbocycles. The molecule has 0 saturated carbocycles. The SMILES string of the molecule is CC(NC(=O)COC(=O)c1ccco1)c1ccc(-c2ccccc2)cc1. The number of hydrogen-bond acceptors (Lipinski definition) is 4. The second-order valence-corrected chi connectivity index (χ2v) is 5.83. The summed E-state index contributed by atoms with van der Waals surface area (Å²) < 4.78 is 9.84. The molecule has 1 amide bonds. The van der Waals surface area contributed by atoms with E-state index in [9.17, 15) is 9.59 Å². The molecule has 1 aromatic heterocycles. The summed E-state index contributed by atoms with van der Waals surface area (Å²) in [6.07, 6.45) is 1.37. The number of carbonyl (C=O) groups excluding carboxylic acids is 2. The molecule has 2 aromatic carbocycles. The van der Waals surface area contributed by atoms with Gasteiger partial charge in [-0.2, -0.15) is 0 Å². The van der Waals surface area contributed by atoms with E-state index in [0.717, 1.165) is 16.7 Å². The maximum absolute atomic E-state index is 12.0.